The van der Waals surface area contributed by atoms with Crippen molar-refractivity contribution in [2.75, 3.05) is 68.1 Å². The first-order valence-corrected chi connectivity index (χ1v) is 15.0. The van der Waals surface area contributed by atoms with Crippen molar-refractivity contribution in [1.82, 2.24) is 29.7 Å². The number of hydrogen-bond acceptors (Lipinski definition) is 11. The Morgan fingerprint density at radius 3 is 2.70 bits per heavy atom. The number of hydrogen-bond donors (Lipinski definition) is 0. The number of likely N-dealkylation sites (N-methyl/N-ethyl adjacent to an activating group) is 1. The number of rotatable bonds is 7. The summed E-state index contributed by atoms with van der Waals surface area (Å²) in [7, 11) is 3.90. The average molecular weight is 587 g/mol. The van der Waals surface area contributed by atoms with Crippen molar-refractivity contribution in [3.05, 3.63) is 35.9 Å². The van der Waals surface area contributed by atoms with E-state index >= 15 is 0 Å². The number of carbonyl (C=O) groups is 2. The summed E-state index contributed by atoms with van der Waals surface area (Å²) in [5.41, 5.74) is 3.53. The van der Waals surface area contributed by atoms with Crippen LogP contribution in [-0.2, 0) is 29.0 Å². The summed E-state index contributed by atoms with van der Waals surface area (Å²) in [5.74, 6) is 1.41. The molecule has 2 fully saturated rings. The number of aromatic nitrogens is 4. The van der Waals surface area contributed by atoms with Gasteiger partial charge in [0.2, 0.25) is 11.8 Å². The first-order valence-electron chi connectivity index (χ1n) is 15.0. The molecule has 0 spiro atoms. The van der Waals surface area contributed by atoms with Gasteiger partial charge < -0.3 is 29.2 Å². The quantitative estimate of drug-likeness (QED) is 0.435. The second-order valence-electron chi connectivity index (χ2n) is 11.7. The molecule has 0 saturated carbocycles. The van der Waals surface area contributed by atoms with Gasteiger partial charge in [-0.05, 0) is 38.9 Å². The van der Waals surface area contributed by atoms with Crippen LogP contribution in [0.2, 0.25) is 0 Å². The van der Waals surface area contributed by atoms with Gasteiger partial charge in [-0.1, -0.05) is 6.58 Å². The second kappa shape index (κ2) is 12.1. The van der Waals surface area contributed by atoms with Gasteiger partial charge in [-0.2, -0.15) is 15.2 Å². The third kappa shape index (κ3) is 5.59. The third-order valence-corrected chi connectivity index (χ3v) is 9.13. The van der Waals surface area contributed by atoms with Crippen LogP contribution in [0, 0.1) is 11.3 Å². The maximum atomic E-state index is 12.6. The van der Waals surface area contributed by atoms with Crippen LogP contribution in [0.5, 0.6) is 6.01 Å². The first-order chi connectivity index (χ1) is 20.9. The number of piperazine rings is 1. The highest BCUT2D eigenvalue weighted by Crippen LogP contribution is 2.37. The number of anilines is 3. The van der Waals surface area contributed by atoms with E-state index in [-0.39, 0.29) is 24.3 Å². The molecule has 0 aliphatic carbocycles. The van der Waals surface area contributed by atoms with Gasteiger partial charge in [-0.25, -0.2) is 9.97 Å². The largest absolute Gasteiger partial charge is 0.462 e. The van der Waals surface area contributed by atoms with E-state index in [1.807, 2.05) is 0 Å². The van der Waals surface area contributed by atoms with Crippen LogP contribution in [0.15, 0.2) is 19.0 Å². The van der Waals surface area contributed by atoms with Gasteiger partial charge in [0, 0.05) is 57.7 Å². The van der Waals surface area contributed by atoms with E-state index in [4.69, 9.17) is 14.7 Å². The van der Waals surface area contributed by atoms with Gasteiger partial charge in [0.1, 0.15) is 24.4 Å². The molecule has 0 aromatic carbocycles. The van der Waals surface area contributed by atoms with Gasteiger partial charge in [0.05, 0.1) is 36.5 Å². The summed E-state index contributed by atoms with van der Waals surface area (Å²) in [5, 5.41) is 9.51. The molecule has 2 aromatic rings. The highest BCUT2D eigenvalue weighted by molar-refractivity contribution is 5.98. The summed E-state index contributed by atoms with van der Waals surface area (Å²) in [4.78, 5) is 54.1. The fourth-order valence-electron chi connectivity index (χ4n) is 6.67. The zero-order chi connectivity index (χ0) is 30.1. The molecule has 2 amide bonds. The van der Waals surface area contributed by atoms with Gasteiger partial charge in [0.25, 0.3) is 0 Å². The molecule has 6 heterocycles. The summed E-state index contributed by atoms with van der Waals surface area (Å²) < 4.78 is 6.25. The Morgan fingerprint density at radius 1 is 1.07 bits per heavy atom. The zero-order valence-electron chi connectivity index (χ0n) is 24.9. The Labute approximate surface area is 251 Å². The van der Waals surface area contributed by atoms with Crippen LogP contribution in [0.25, 0.3) is 0 Å². The summed E-state index contributed by atoms with van der Waals surface area (Å²) in [6.07, 6.45) is 7.03. The van der Waals surface area contributed by atoms with E-state index in [1.165, 1.54) is 6.08 Å². The molecule has 2 saturated heterocycles. The van der Waals surface area contributed by atoms with E-state index in [0.29, 0.717) is 70.6 Å². The molecule has 0 unspecified atom stereocenters. The lowest BCUT2D eigenvalue weighted by atomic mass is 10.0. The van der Waals surface area contributed by atoms with Crippen molar-refractivity contribution in [2.45, 2.75) is 57.2 Å². The highest BCUT2D eigenvalue weighted by Gasteiger charge is 2.35. The smallest absolute Gasteiger partial charge is 0.318 e. The number of likely N-dealkylation sites (tertiary alicyclic amines) is 1. The predicted octanol–water partition coefficient (Wildman–Crippen LogP) is 1.33. The number of amides is 2. The average Bonchev–Trinajstić information content (AvgIpc) is 3.44. The van der Waals surface area contributed by atoms with Crippen molar-refractivity contribution in [2.24, 2.45) is 0 Å². The molecule has 4 aliphatic rings. The molecule has 2 aromatic heterocycles. The monoisotopic (exact) mass is 586 g/mol. The summed E-state index contributed by atoms with van der Waals surface area (Å²) in [6.45, 7) is 7.87. The number of nitrogens with zero attached hydrogens (tertiary/aromatic N) is 10. The standard InChI is InChI=1S/C30H38N10O3/c1-4-25(41)40-15-14-39(16-20(40)9-11-31)28-22-10-13-38(29-27-23(32-19-33-29)7-8-26(42)37(27)3)17-24(22)34-30(35-28)43-18-21-6-5-12-36(21)2/h4,19-21H,1,5-10,12-18H2,2-3H3/t20-,21-/m0/s1. The minimum absolute atomic E-state index is 0.0548. The molecule has 13 heteroatoms. The van der Waals surface area contributed by atoms with E-state index in [9.17, 15) is 14.9 Å². The summed E-state index contributed by atoms with van der Waals surface area (Å²) >= 11 is 0. The molecule has 0 radical (unpaired) electrons. The maximum absolute atomic E-state index is 12.6. The van der Waals surface area contributed by atoms with Crippen molar-refractivity contribution < 1.29 is 14.3 Å². The summed E-state index contributed by atoms with van der Waals surface area (Å²) in [6, 6.07) is 2.61. The topological polar surface area (TPSA) is 135 Å². The minimum atomic E-state index is -0.271. The van der Waals surface area contributed by atoms with Crippen molar-refractivity contribution in [3.8, 4) is 12.1 Å². The molecule has 226 valence electrons. The van der Waals surface area contributed by atoms with Crippen LogP contribution in [0.4, 0.5) is 17.3 Å². The molecule has 43 heavy (non-hydrogen) atoms. The number of fused-ring (bicyclic) bond motifs is 2. The molecule has 13 nitrogen and oxygen atoms in total. The normalized spacial score (nSPS) is 22.2. The van der Waals surface area contributed by atoms with Gasteiger partial charge in [-0.3, -0.25) is 9.59 Å². The molecular formula is C30H38N10O3. The lowest BCUT2D eigenvalue weighted by molar-refractivity contribution is -0.128. The Kier molecular flexibility index (Phi) is 8.12. The van der Waals surface area contributed by atoms with Gasteiger partial charge in [0.15, 0.2) is 5.82 Å². The second-order valence-corrected chi connectivity index (χ2v) is 11.7. The van der Waals surface area contributed by atoms with Crippen LogP contribution in [-0.4, -0.2) is 107 Å². The van der Waals surface area contributed by atoms with Crippen LogP contribution in [0.3, 0.4) is 0 Å². The molecule has 2 atom stereocenters. The van der Waals surface area contributed by atoms with Crippen LogP contribution >= 0.6 is 0 Å². The van der Waals surface area contributed by atoms with E-state index < -0.39 is 0 Å². The lowest BCUT2D eigenvalue weighted by Gasteiger charge is -2.42. The fourth-order valence-corrected chi connectivity index (χ4v) is 6.67. The number of ether oxygens (including phenoxy) is 1. The molecular weight excluding hydrogens is 548 g/mol. The Bertz CT molecular complexity index is 1460. The van der Waals surface area contributed by atoms with Crippen molar-refractivity contribution >= 4 is 29.1 Å². The molecule has 0 N–H and O–H groups in total. The molecule has 0 bridgehead atoms. The van der Waals surface area contributed by atoms with Crippen molar-refractivity contribution in [3.63, 3.8) is 0 Å². The van der Waals surface area contributed by atoms with Crippen LogP contribution in [0.1, 0.15) is 42.6 Å². The number of aryl methyl sites for hydroxylation is 1. The Balaban J connectivity index is 1.33. The van der Waals surface area contributed by atoms with E-state index in [2.05, 4.69) is 44.4 Å². The van der Waals surface area contributed by atoms with E-state index in [1.54, 1.807) is 23.2 Å². The number of carbonyl (C=O) groups excluding carboxylic acids is 2. The fraction of sp³-hybridized carbons (Fsp3) is 0.567. The van der Waals surface area contributed by atoms with Gasteiger partial charge in [-0.15, -0.1) is 0 Å². The SMILES string of the molecule is C=CC(=O)N1CCN(c2nc(OC[C@@H]3CCCN3C)nc3c2CCN(c2ncnc4c2N(C)C(=O)CC4)C3)C[C@@H]1CC#N. The first kappa shape index (κ1) is 28.8. The third-order valence-electron chi connectivity index (χ3n) is 9.13. The maximum Gasteiger partial charge on any atom is 0.318 e. The number of nitriles is 1. The Morgan fingerprint density at radius 2 is 1.93 bits per heavy atom. The highest BCUT2D eigenvalue weighted by atomic mass is 16.5. The van der Waals surface area contributed by atoms with E-state index in [0.717, 1.165) is 53.7 Å². The predicted molar refractivity (Wildman–Crippen MR) is 160 cm³/mol. The molecule has 6 rings (SSSR count). The lowest BCUT2D eigenvalue weighted by Crippen LogP contribution is -2.55. The van der Waals surface area contributed by atoms with Crippen LogP contribution < -0.4 is 19.4 Å². The Hall–Kier alpha value is -4.31. The molecule has 4 aliphatic heterocycles. The zero-order valence-corrected chi connectivity index (χ0v) is 24.9. The minimum Gasteiger partial charge on any atom is -0.462 e. The van der Waals surface area contributed by atoms with Gasteiger partial charge >= 0.3 is 6.01 Å². The van der Waals surface area contributed by atoms with Crippen molar-refractivity contribution in [1.29, 1.82) is 5.26 Å².